The molecule has 2 heterocycles. The number of rotatable bonds is 7. The third-order valence-corrected chi connectivity index (χ3v) is 4.44. The van der Waals surface area contributed by atoms with Crippen LogP contribution in [0.4, 0.5) is 0 Å². The summed E-state index contributed by atoms with van der Waals surface area (Å²) in [7, 11) is 1.87. The number of hydrogen-bond acceptors (Lipinski definition) is 4. The topological polar surface area (TPSA) is 49.3 Å². The van der Waals surface area contributed by atoms with E-state index >= 15 is 0 Å². The van der Waals surface area contributed by atoms with Crippen LogP contribution >= 0.6 is 0 Å². The molecule has 1 N–H and O–H groups in total. The summed E-state index contributed by atoms with van der Waals surface area (Å²) < 4.78 is 11.1. The van der Waals surface area contributed by atoms with E-state index in [4.69, 9.17) is 9.47 Å². The maximum absolute atomic E-state index is 5.62. The molecule has 0 saturated carbocycles. The second-order valence-corrected chi connectivity index (χ2v) is 6.83. The van der Waals surface area contributed by atoms with Gasteiger partial charge in [-0.05, 0) is 18.8 Å². The number of aliphatic imine (C=N–C) groups is 1. The van der Waals surface area contributed by atoms with Crippen LogP contribution in [0, 0.1) is 5.92 Å². The maximum Gasteiger partial charge on any atom is 0.193 e. The zero-order valence-corrected chi connectivity index (χ0v) is 15.1. The predicted molar refractivity (Wildman–Crippen MR) is 94.0 cm³/mol. The van der Waals surface area contributed by atoms with Crippen molar-refractivity contribution in [1.82, 2.24) is 15.1 Å². The average Bonchev–Trinajstić information content (AvgIpc) is 3.04. The van der Waals surface area contributed by atoms with Gasteiger partial charge in [-0.1, -0.05) is 13.8 Å². The van der Waals surface area contributed by atoms with Crippen LogP contribution in [0.5, 0.6) is 0 Å². The monoisotopic (exact) mass is 326 g/mol. The lowest BCUT2D eigenvalue weighted by molar-refractivity contribution is 0.0195. The van der Waals surface area contributed by atoms with Crippen LogP contribution in [0.25, 0.3) is 0 Å². The Hall–Kier alpha value is -0.850. The Kier molecular flexibility index (Phi) is 8.12. The van der Waals surface area contributed by atoms with Gasteiger partial charge in [-0.2, -0.15) is 0 Å². The van der Waals surface area contributed by atoms with E-state index in [2.05, 4.69) is 34.0 Å². The van der Waals surface area contributed by atoms with Gasteiger partial charge in [0.05, 0.1) is 13.2 Å². The molecular formula is C17H34N4O2. The molecule has 2 fully saturated rings. The normalized spacial score (nSPS) is 23.7. The molecule has 2 aliphatic heterocycles. The molecule has 0 aromatic carbocycles. The van der Waals surface area contributed by atoms with E-state index in [9.17, 15) is 0 Å². The number of hydrogen-bond donors (Lipinski definition) is 1. The van der Waals surface area contributed by atoms with Gasteiger partial charge < -0.3 is 19.7 Å². The van der Waals surface area contributed by atoms with Crippen molar-refractivity contribution in [3.63, 3.8) is 0 Å². The molecule has 0 amide bonds. The molecule has 0 aromatic heterocycles. The van der Waals surface area contributed by atoms with Crippen LogP contribution in [-0.2, 0) is 9.47 Å². The lowest BCUT2D eigenvalue weighted by Crippen LogP contribution is -2.46. The summed E-state index contributed by atoms with van der Waals surface area (Å²) in [5, 5.41) is 3.48. The summed E-state index contributed by atoms with van der Waals surface area (Å²) in [6, 6.07) is 0.645. The number of morpholine rings is 1. The zero-order valence-electron chi connectivity index (χ0n) is 15.1. The van der Waals surface area contributed by atoms with Gasteiger partial charge >= 0.3 is 0 Å². The van der Waals surface area contributed by atoms with Gasteiger partial charge in [0.15, 0.2) is 5.96 Å². The molecular weight excluding hydrogens is 292 g/mol. The highest BCUT2D eigenvalue weighted by molar-refractivity contribution is 5.80. The standard InChI is InChI=1S/C17H34N4O2/c1-15(2)14-23-10-4-6-19-17(18-3)21-7-5-16(13-21)20-8-11-22-12-9-20/h15-16H,4-14H2,1-3H3,(H,18,19). The van der Waals surface area contributed by atoms with Gasteiger partial charge in [-0.25, -0.2) is 0 Å². The van der Waals surface area contributed by atoms with Gasteiger partial charge in [0.25, 0.3) is 0 Å². The number of nitrogens with one attached hydrogen (secondary N) is 1. The van der Waals surface area contributed by atoms with Crippen LogP contribution in [0.15, 0.2) is 4.99 Å². The largest absolute Gasteiger partial charge is 0.381 e. The van der Waals surface area contributed by atoms with Crippen molar-refractivity contribution in [3.8, 4) is 0 Å². The highest BCUT2D eigenvalue weighted by atomic mass is 16.5. The van der Waals surface area contributed by atoms with Crippen molar-refractivity contribution in [2.45, 2.75) is 32.7 Å². The van der Waals surface area contributed by atoms with E-state index in [1.165, 1.54) is 6.42 Å². The Balaban J connectivity index is 1.64. The first kappa shape index (κ1) is 18.5. The SMILES string of the molecule is CN=C(NCCCOCC(C)C)N1CCC(N2CCOCC2)C1. The van der Waals surface area contributed by atoms with Crippen LogP contribution in [0.1, 0.15) is 26.7 Å². The number of likely N-dealkylation sites (tertiary alicyclic amines) is 1. The summed E-state index contributed by atoms with van der Waals surface area (Å²) in [5.41, 5.74) is 0. The molecule has 0 radical (unpaired) electrons. The van der Waals surface area contributed by atoms with E-state index < -0.39 is 0 Å². The molecule has 0 aromatic rings. The molecule has 1 unspecified atom stereocenters. The second-order valence-electron chi connectivity index (χ2n) is 6.83. The Morgan fingerprint density at radius 1 is 1.30 bits per heavy atom. The Morgan fingerprint density at radius 2 is 2.09 bits per heavy atom. The fraction of sp³-hybridized carbons (Fsp3) is 0.941. The summed E-state index contributed by atoms with van der Waals surface area (Å²) in [4.78, 5) is 9.39. The molecule has 0 spiro atoms. The van der Waals surface area contributed by atoms with Gasteiger partial charge in [0.1, 0.15) is 0 Å². The highest BCUT2D eigenvalue weighted by Crippen LogP contribution is 2.16. The first-order valence-corrected chi connectivity index (χ1v) is 9.06. The highest BCUT2D eigenvalue weighted by Gasteiger charge is 2.30. The second kappa shape index (κ2) is 10.1. The van der Waals surface area contributed by atoms with Crippen molar-refractivity contribution in [1.29, 1.82) is 0 Å². The van der Waals surface area contributed by atoms with Crippen LogP contribution < -0.4 is 5.32 Å². The zero-order chi connectivity index (χ0) is 16.5. The average molecular weight is 326 g/mol. The number of ether oxygens (including phenoxy) is 2. The Bertz CT molecular complexity index is 357. The summed E-state index contributed by atoms with van der Waals surface area (Å²) in [6.45, 7) is 13.0. The van der Waals surface area contributed by atoms with Crippen molar-refractivity contribution < 1.29 is 9.47 Å². The summed E-state index contributed by atoms with van der Waals surface area (Å²) >= 11 is 0. The lowest BCUT2D eigenvalue weighted by Gasteiger charge is -2.32. The van der Waals surface area contributed by atoms with Gasteiger partial charge in [0.2, 0.25) is 0 Å². The Morgan fingerprint density at radius 3 is 2.78 bits per heavy atom. The van der Waals surface area contributed by atoms with Gasteiger partial charge in [0, 0.05) is 59.0 Å². The number of guanidine groups is 1. The van der Waals surface area contributed by atoms with Crippen LogP contribution in [-0.4, -0.2) is 88.0 Å². The van der Waals surface area contributed by atoms with E-state index in [-0.39, 0.29) is 0 Å². The molecule has 6 heteroatoms. The van der Waals surface area contributed by atoms with E-state index in [1.54, 1.807) is 0 Å². The first-order chi connectivity index (χ1) is 11.2. The lowest BCUT2D eigenvalue weighted by atomic mass is 10.2. The molecule has 0 bridgehead atoms. The summed E-state index contributed by atoms with van der Waals surface area (Å²) in [6.07, 6.45) is 2.24. The van der Waals surface area contributed by atoms with E-state index in [0.717, 1.165) is 71.5 Å². The maximum atomic E-state index is 5.62. The fourth-order valence-corrected chi connectivity index (χ4v) is 3.20. The minimum atomic E-state index is 0.609. The van der Waals surface area contributed by atoms with Crippen LogP contribution in [0.3, 0.4) is 0 Å². The van der Waals surface area contributed by atoms with E-state index in [1.807, 2.05) is 7.05 Å². The third kappa shape index (κ3) is 6.28. The minimum Gasteiger partial charge on any atom is -0.381 e. The molecule has 0 aliphatic carbocycles. The van der Waals surface area contributed by atoms with Gasteiger partial charge in [-0.3, -0.25) is 9.89 Å². The molecule has 6 nitrogen and oxygen atoms in total. The van der Waals surface area contributed by atoms with Crippen molar-refractivity contribution in [3.05, 3.63) is 0 Å². The van der Waals surface area contributed by atoms with Crippen molar-refractivity contribution >= 4 is 5.96 Å². The molecule has 2 saturated heterocycles. The molecule has 23 heavy (non-hydrogen) atoms. The summed E-state index contributed by atoms with van der Waals surface area (Å²) in [5.74, 6) is 1.64. The van der Waals surface area contributed by atoms with Crippen molar-refractivity contribution in [2.75, 3.05) is 66.2 Å². The fourth-order valence-electron chi connectivity index (χ4n) is 3.20. The van der Waals surface area contributed by atoms with Crippen molar-refractivity contribution in [2.24, 2.45) is 10.9 Å². The van der Waals surface area contributed by atoms with Gasteiger partial charge in [-0.15, -0.1) is 0 Å². The molecule has 2 rings (SSSR count). The number of nitrogens with zero attached hydrogens (tertiary/aromatic N) is 3. The quantitative estimate of drug-likeness (QED) is 0.430. The molecule has 1 atom stereocenters. The van der Waals surface area contributed by atoms with Crippen LogP contribution in [0.2, 0.25) is 0 Å². The predicted octanol–water partition coefficient (Wildman–Crippen LogP) is 1.03. The molecule has 134 valence electrons. The first-order valence-electron chi connectivity index (χ1n) is 9.06. The smallest absolute Gasteiger partial charge is 0.193 e. The van der Waals surface area contributed by atoms with E-state index in [0.29, 0.717) is 12.0 Å². The minimum absolute atomic E-state index is 0.609. The third-order valence-electron chi connectivity index (χ3n) is 4.44. The molecule has 2 aliphatic rings. The Labute approximate surface area is 141 Å².